The van der Waals surface area contributed by atoms with Crippen LogP contribution in [0.2, 0.25) is 0 Å². The molecule has 0 aromatic rings. The molecule has 3 aliphatic rings. The molecule has 3 rings (SSSR count). The van der Waals surface area contributed by atoms with Crippen LogP contribution in [0.15, 0.2) is 0 Å². The molecular weight excluding hydrogens is 480 g/mol. The zero-order chi connectivity index (χ0) is 27.2. The third-order valence-electron chi connectivity index (χ3n) is 9.19. The summed E-state index contributed by atoms with van der Waals surface area (Å²) in [6.45, 7) is 4.21. The first kappa shape index (κ1) is 31.8. The van der Waals surface area contributed by atoms with E-state index in [4.69, 9.17) is 15.2 Å². The predicted molar refractivity (Wildman–Crippen MR) is 151 cm³/mol. The summed E-state index contributed by atoms with van der Waals surface area (Å²) < 4.78 is 12.2. The maximum Gasteiger partial charge on any atom is 0.0836 e. The molecule has 1 saturated carbocycles. The van der Waals surface area contributed by atoms with Crippen LogP contribution in [0.1, 0.15) is 103 Å². The lowest BCUT2D eigenvalue weighted by molar-refractivity contribution is -0.0773. The Morgan fingerprint density at radius 1 is 0.974 bits per heavy atom. The average molecular weight is 537 g/mol. The van der Waals surface area contributed by atoms with E-state index in [0.717, 1.165) is 83.6 Å². The first-order valence-electron chi connectivity index (χ1n) is 15.7. The van der Waals surface area contributed by atoms with Gasteiger partial charge in [0.2, 0.25) is 0 Å². The third-order valence-corrected chi connectivity index (χ3v) is 9.19. The molecule has 6 N–H and O–H groups in total. The Morgan fingerprint density at radius 3 is 2.55 bits per heavy atom. The molecule has 0 aromatic carbocycles. The van der Waals surface area contributed by atoms with Crippen molar-refractivity contribution < 1.29 is 24.8 Å². The van der Waals surface area contributed by atoms with E-state index in [2.05, 4.69) is 24.1 Å². The fourth-order valence-electron chi connectivity index (χ4n) is 6.74. The summed E-state index contributed by atoms with van der Waals surface area (Å²) in [6.07, 6.45) is 13.7. The Labute approximate surface area is 231 Å². The van der Waals surface area contributed by atoms with Gasteiger partial charge in [-0.2, -0.15) is 0 Å². The lowest BCUT2D eigenvalue weighted by atomic mass is 9.79. The summed E-state index contributed by atoms with van der Waals surface area (Å²) in [7, 11) is 0. The topological polar surface area (TPSA) is 117 Å². The number of ether oxygens (including phenoxy) is 2. The normalized spacial score (nSPS) is 35.7. The van der Waals surface area contributed by atoms with Crippen molar-refractivity contribution in [2.75, 3.05) is 26.4 Å². The molecule has 9 unspecified atom stereocenters. The average Bonchev–Trinajstić information content (AvgIpc) is 2.92. The second-order valence-corrected chi connectivity index (χ2v) is 12.1. The zero-order valence-electron chi connectivity index (χ0n) is 23.9. The SMILES string of the molecule is CCC1C#CCC(C(O)CCC2CCC(O)C(OCCCC3CCNC(N)C3)C2)C(OCCO)CCCC1. The lowest BCUT2D eigenvalue weighted by Gasteiger charge is -2.35. The number of nitrogens with two attached hydrogens (primary N) is 1. The molecule has 9 atom stereocenters. The molecule has 0 radical (unpaired) electrons. The highest BCUT2D eigenvalue weighted by Crippen LogP contribution is 2.33. The first-order valence-corrected chi connectivity index (χ1v) is 15.7. The van der Waals surface area contributed by atoms with Gasteiger partial charge in [0.1, 0.15) is 0 Å². The second-order valence-electron chi connectivity index (χ2n) is 12.1. The Morgan fingerprint density at radius 2 is 1.76 bits per heavy atom. The largest absolute Gasteiger partial charge is 0.394 e. The van der Waals surface area contributed by atoms with Gasteiger partial charge in [-0.15, -0.1) is 5.92 Å². The van der Waals surface area contributed by atoms with Gasteiger partial charge < -0.3 is 35.8 Å². The van der Waals surface area contributed by atoms with Crippen LogP contribution in [0.5, 0.6) is 0 Å². The summed E-state index contributed by atoms with van der Waals surface area (Å²) in [6, 6.07) is 0. The molecule has 1 aliphatic heterocycles. The summed E-state index contributed by atoms with van der Waals surface area (Å²) in [5, 5.41) is 34.5. The number of nitrogens with one attached hydrogen (secondary N) is 1. The van der Waals surface area contributed by atoms with Crippen molar-refractivity contribution in [3.8, 4) is 11.8 Å². The number of aliphatic hydroxyl groups is 3. The summed E-state index contributed by atoms with van der Waals surface area (Å²) in [5.41, 5.74) is 6.03. The molecule has 0 bridgehead atoms. The highest BCUT2D eigenvalue weighted by molar-refractivity contribution is 5.06. The van der Waals surface area contributed by atoms with Gasteiger partial charge in [-0.1, -0.05) is 25.7 Å². The minimum Gasteiger partial charge on any atom is -0.394 e. The van der Waals surface area contributed by atoms with Crippen LogP contribution in [0.25, 0.3) is 0 Å². The molecule has 38 heavy (non-hydrogen) atoms. The van der Waals surface area contributed by atoms with Gasteiger partial charge in [0, 0.05) is 24.9 Å². The Balaban J connectivity index is 1.46. The van der Waals surface area contributed by atoms with E-state index in [1.165, 1.54) is 6.42 Å². The van der Waals surface area contributed by atoms with E-state index in [1.807, 2.05) is 0 Å². The van der Waals surface area contributed by atoms with Gasteiger partial charge in [0.05, 0.1) is 43.8 Å². The molecule has 1 saturated heterocycles. The minimum absolute atomic E-state index is 0.0000927. The van der Waals surface area contributed by atoms with Gasteiger partial charge in [0.25, 0.3) is 0 Å². The van der Waals surface area contributed by atoms with Crippen molar-refractivity contribution in [3.05, 3.63) is 0 Å². The summed E-state index contributed by atoms with van der Waals surface area (Å²) >= 11 is 0. The maximum absolute atomic E-state index is 11.3. The Kier molecular flexibility index (Phi) is 14.9. The number of aliphatic hydroxyl groups excluding tert-OH is 3. The van der Waals surface area contributed by atoms with Crippen molar-refractivity contribution in [1.29, 1.82) is 0 Å². The van der Waals surface area contributed by atoms with Crippen LogP contribution in [0.3, 0.4) is 0 Å². The van der Waals surface area contributed by atoms with Gasteiger partial charge in [-0.05, 0) is 95.4 Å². The smallest absolute Gasteiger partial charge is 0.0836 e. The maximum atomic E-state index is 11.3. The first-order chi connectivity index (χ1) is 18.5. The van der Waals surface area contributed by atoms with Crippen LogP contribution >= 0.6 is 0 Å². The van der Waals surface area contributed by atoms with Crippen molar-refractivity contribution in [1.82, 2.24) is 5.32 Å². The van der Waals surface area contributed by atoms with Crippen molar-refractivity contribution in [2.45, 2.75) is 134 Å². The number of piperidine rings is 1. The molecule has 2 fully saturated rings. The van der Waals surface area contributed by atoms with Gasteiger partial charge in [0.15, 0.2) is 0 Å². The molecule has 0 amide bonds. The van der Waals surface area contributed by atoms with Crippen molar-refractivity contribution in [3.63, 3.8) is 0 Å². The fraction of sp³-hybridized carbons (Fsp3) is 0.935. The standard InChI is InChI=1S/C31H56N2O5/c1-2-23-7-3-4-11-29(38-20-18-34)26(10-5-8-23)27(35)14-12-25-13-15-28(36)30(21-25)37-19-6-9-24-16-17-33-31(32)22-24/h23-31,33-36H,2-4,6-7,9-22,32H2,1H3. The Hall–Kier alpha value is -0.720. The van der Waals surface area contributed by atoms with Crippen LogP contribution < -0.4 is 11.1 Å². The summed E-state index contributed by atoms with van der Waals surface area (Å²) in [5.74, 6) is 8.37. The van der Waals surface area contributed by atoms with Gasteiger partial charge in [-0.3, -0.25) is 0 Å². The van der Waals surface area contributed by atoms with Crippen molar-refractivity contribution >= 4 is 0 Å². The molecule has 2 aliphatic carbocycles. The number of hydrogen-bond donors (Lipinski definition) is 5. The third kappa shape index (κ3) is 11.0. The van der Waals surface area contributed by atoms with Crippen molar-refractivity contribution in [2.24, 2.45) is 29.4 Å². The molecule has 0 aromatic heterocycles. The Bertz CT molecular complexity index is 697. The van der Waals surface area contributed by atoms with E-state index < -0.39 is 6.10 Å². The van der Waals surface area contributed by atoms with Crippen LogP contribution in [0.4, 0.5) is 0 Å². The molecular formula is C31H56N2O5. The van der Waals surface area contributed by atoms with E-state index in [1.54, 1.807) is 0 Å². The fourth-order valence-corrected chi connectivity index (χ4v) is 6.74. The number of hydrogen-bond acceptors (Lipinski definition) is 7. The van der Waals surface area contributed by atoms with E-state index in [0.29, 0.717) is 43.8 Å². The van der Waals surface area contributed by atoms with E-state index in [9.17, 15) is 15.3 Å². The van der Waals surface area contributed by atoms with Crippen LogP contribution in [0, 0.1) is 35.5 Å². The molecule has 7 nitrogen and oxygen atoms in total. The van der Waals surface area contributed by atoms with Gasteiger partial charge in [-0.25, -0.2) is 0 Å². The van der Waals surface area contributed by atoms with Crippen LogP contribution in [-0.4, -0.2) is 72.3 Å². The summed E-state index contributed by atoms with van der Waals surface area (Å²) in [4.78, 5) is 0. The van der Waals surface area contributed by atoms with E-state index >= 15 is 0 Å². The predicted octanol–water partition coefficient (Wildman–Crippen LogP) is 3.73. The second kappa shape index (κ2) is 17.9. The highest BCUT2D eigenvalue weighted by atomic mass is 16.5. The minimum atomic E-state index is -0.477. The lowest BCUT2D eigenvalue weighted by Crippen LogP contribution is -2.44. The quantitative estimate of drug-likeness (QED) is 0.180. The molecule has 7 heteroatoms. The number of rotatable bonds is 13. The molecule has 1 heterocycles. The monoisotopic (exact) mass is 536 g/mol. The molecule has 0 spiro atoms. The van der Waals surface area contributed by atoms with Gasteiger partial charge >= 0.3 is 0 Å². The molecule has 220 valence electrons. The van der Waals surface area contributed by atoms with E-state index in [-0.39, 0.29) is 37.0 Å². The highest BCUT2D eigenvalue weighted by Gasteiger charge is 2.33. The zero-order valence-corrected chi connectivity index (χ0v) is 23.9. The van der Waals surface area contributed by atoms with Crippen LogP contribution in [-0.2, 0) is 9.47 Å².